The van der Waals surface area contributed by atoms with E-state index in [1.165, 1.54) is 23.6 Å². The van der Waals surface area contributed by atoms with E-state index in [1.807, 2.05) is 13.8 Å². The number of H-pyrrole nitrogens is 1. The van der Waals surface area contributed by atoms with Gasteiger partial charge < -0.3 is 4.98 Å². The van der Waals surface area contributed by atoms with Gasteiger partial charge in [-0.3, -0.25) is 14.9 Å². The Bertz CT molecular complexity index is 552. The molecule has 2 rings (SSSR count). The molecule has 0 bridgehead atoms. The van der Waals surface area contributed by atoms with Crippen molar-refractivity contribution >= 4 is 28.7 Å². The Morgan fingerprint density at radius 2 is 2.29 bits per heavy atom. The lowest BCUT2D eigenvalue weighted by atomic mass is 10.3. The number of carbonyl (C=O) groups excluding carboxylic acids is 2. The van der Waals surface area contributed by atoms with E-state index >= 15 is 0 Å². The molecule has 0 aliphatic rings. The van der Waals surface area contributed by atoms with Crippen molar-refractivity contribution in [1.82, 2.24) is 9.97 Å². The Hall–Kier alpha value is -1.95. The fourth-order valence-electron chi connectivity index (χ4n) is 1.30. The van der Waals surface area contributed by atoms with Crippen LogP contribution < -0.4 is 5.32 Å². The molecule has 2 heterocycles. The average molecular weight is 249 g/mol. The smallest absolute Gasteiger partial charge is 0.273 e. The van der Waals surface area contributed by atoms with Crippen molar-refractivity contribution in [3.05, 3.63) is 34.1 Å². The van der Waals surface area contributed by atoms with E-state index in [0.717, 1.165) is 10.6 Å². The minimum atomic E-state index is -0.299. The molecule has 0 fully saturated rings. The molecule has 0 saturated carbocycles. The molecule has 0 aliphatic carbocycles. The number of anilines is 1. The van der Waals surface area contributed by atoms with Crippen LogP contribution in [0.25, 0.3) is 0 Å². The van der Waals surface area contributed by atoms with E-state index in [0.29, 0.717) is 22.7 Å². The quantitative estimate of drug-likeness (QED) is 0.818. The summed E-state index contributed by atoms with van der Waals surface area (Å²) in [4.78, 5) is 30.3. The van der Waals surface area contributed by atoms with E-state index in [9.17, 15) is 9.59 Å². The molecule has 2 aromatic heterocycles. The van der Waals surface area contributed by atoms with Crippen LogP contribution in [0.5, 0.6) is 0 Å². The summed E-state index contributed by atoms with van der Waals surface area (Å²) in [5.41, 5.74) is 1.70. The molecular weight excluding hydrogens is 238 g/mol. The largest absolute Gasteiger partial charge is 0.356 e. The summed E-state index contributed by atoms with van der Waals surface area (Å²) in [6, 6.07) is 1.50. The van der Waals surface area contributed by atoms with E-state index in [2.05, 4.69) is 15.3 Å². The van der Waals surface area contributed by atoms with E-state index in [4.69, 9.17) is 0 Å². The fourth-order valence-corrected chi connectivity index (χ4v) is 2.11. The molecule has 2 aromatic rings. The average Bonchev–Trinajstić information content (AvgIpc) is 2.87. The number of nitrogens with zero attached hydrogens (tertiary/aromatic N) is 1. The first kappa shape index (κ1) is 11.5. The molecule has 2 N–H and O–H groups in total. The van der Waals surface area contributed by atoms with Crippen molar-refractivity contribution in [2.45, 2.75) is 13.8 Å². The second-order valence-electron chi connectivity index (χ2n) is 3.58. The highest BCUT2D eigenvalue weighted by Gasteiger charge is 2.11. The van der Waals surface area contributed by atoms with E-state index in [1.54, 1.807) is 0 Å². The van der Waals surface area contributed by atoms with Gasteiger partial charge in [0.25, 0.3) is 5.91 Å². The summed E-state index contributed by atoms with van der Waals surface area (Å²) in [5, 5.41) is 3.24. The van der Waals surface area contributed by atoms with Crippen LogP contribution >= 0.6 is 11.3 Å². The first-order valence-corrected chi connectivity index (χ1v) is 5.81. The number of aromatic nitrogens is 2. The maximum atomic E-state index is 11.8. The van der Waals surface area contributed by atoms with Crippen LogP contribution in [0, 0.1) is 13.8 Å². The molecule has 0 atom stereocenters. The molecule has 0 spiro atoms. The predicted molar refractivity (Wildman–Crippen MR) is 65.7 cm³/mol. The molecule has 6 heteroatoms. The number of hydrogen-bond acceptors (Lipinski definition) is 4. The molecule has 0 saturated heterocycles. The van der Waals surface area contributed by atoms with Gasteiger partial charge in [0.2, 0.25) is 0 Å². The summed E-state index contributed by atoms with van der Waals surface area (Å²) in [7, 11) is 0. The lowest BCUT2D eigenvalue weighted by Gasteiger charge is -1.97. The second kappa shape index (κ2) is 4.50. The Morgan fingerprint density at radius 1 is 1.53 bits per heavy atom. The number of hydrogen-bond donors (Lipinski definition) is 2. The van der Waals surface area contributed by atoms with E-state index < -0.39 is 0 Å². The van der Waals surface area contributed by atoms with Crippen LogP contribution in [0.3, 0.4) is 0 Å². The standard InChI is InChI=1S/C11H11N3O2S/c1-6-7(2)17-11(13-6)14-10(16)9-3-8(5-15)4-12-9/h3-5,12H,1-2H3,(H,13,14,16). The molecular formula is C11H11N3O2S. The first-order valence-electron chi connectivity index (χ1n) is 4.99. The first-order chi connectivity index (χ1) is 8.10. The number of thiazole rings is 1. The highest BCUT2D eigenvalue weighted by atomic mass is 32.1. The zero-order chi connectivity index (χ0) is 12.4. The topological polar surface area (TPSA) is 74.8 Å². The van der Waals surface area contributed by atoms with Crippen molar-refractivity contribution < 1.29 is 9.59 Å². The zero-order valence-corrected chi connectivity index (χ0v) is 10.2. The van der Waals surface area contributed by atoms with Crippen LogP contribution in [0.4, 0.5) is 5.13 Å². The van der Waals surface area contributed by atoms with Crippen molar-refractivity contribution in [1.29, 1.82) is 0 Å². The summed E-state index contributed by atoms with van der Waals surface area (Å²) in [6.07, 6.45) is 2.17. The minimum absolute atomic E-state index is 0.299. The maximum Gasteiger partial charge on any atom is 0.273 e. The molecule has 0 aromatic carbocycles. The summed E-state index contributed by atoms with van der Waals surface area (Å²) in [6.45, 7) is 3.84. The third kappa shape index (κ3) is 2.42. The maximum absolute atomic E-state index is 11.8. The zero-order valence-electron chi connectivity index (χ0n) is 9.40. The molecule has 5 nitrogen and oxygen atoms in total. The molecule has 0 radical (unpaired) electrons. The van der Waals surface area contributed by atoms with Gasteiger partial charge in [-0.2, -0.15) is 0 Å². The Balaban J connectivity index is 2.13. The lowest BCUT2D eigenvalue weighted by Crippen LogP contribution is -2.11. The fraction of sp³-hybridized carbons (Fsp3) is 0.182. The summed E-state index contributed by atoms with van der Waals surface area (Å²) >= 11 is 1.42. The summed E-state index contributed by atoms with van der Waals surface area (Å²) in [5.74, 6) is -0.299. The summed E-state index contributed by atoms with van der Waals surface area (Å²) < 4.78 is 0. The lowest BCUT2D eigenvalue weighted by molar-refractivity contribution is 0.102. The molecule has 0 aliphatic heterocycles. The van der Waals surface area contributed by atoms with Crippen LogP contribution in [-0.2, 0) is 0 Å². The van der Waals surface area contributed by atoms with Crippen molar-refractivity contribution in [2.75, 3.05) is 5.32 Å². The highest BCUT2D eigenvalue weighted by Crippen LogP contribution is 2.21. The van der Waals surface area contributed by atoms with Gasteiger partial charge in [0.1, 0.15) is 5.69 Å². The number of amides is 1. The minimum Gasteiger partial charge on any atom is -0.356 e. The van der Waals surface area contributed by atoms with Crippen LogP contribution in [0.1, 0.15) is 31.4 Å². The number of aryl methyl sites for hydroxylation is 2. The third-order valence-electron chi connectivity index (χ3n) is 2.34. The number of aldehydes is 1. The van der Waals surface area contributed by atoms with Gasteiger partial charge in [0.05, 0.1) is 5.69 Å². The molecule has 0 unspecified atom stereocenters. The molecule has 17 heavy (non-hydrogen) atoms. The third-order valence-corrected chi connectivity index (χ3v) is 3.32. The van der Waals surface area contributed by atoms with Crippen molar-refractivity contribution in [2.24, 2.45) is 0 Å². The van der Waals surface area contributed by atoms with Crippen LogP contribution in [0.2, 0.25) is 0 Å². The second-order valence-corrected chi connectivity index (χ2v) is 4.78. The Labute approximate surface area is 102 Å². The highest BCUT2D eigenvalue weighted by molar-refractivity contribution is 7.15. The Kier molecular flexibility index (Phi) is 3.06. The van der Waals surface area contributed by atoms with Crippen LogP contribution in [0.15, 0.2) is 12.3 Å². The van der Waals surface area contributed by atoms with Crippen molar-refractivity contribution in [3.8, 4) is 0 Å². The van der Waals surface area contributed by atoms with Gasteiger partial charge >= 0.3 is 0 Å². The van der Waals surface area contributed by atoms with Gasteiger partial charge in [-0.25, -0.2) is 4.98 Å². The SMILES string of the molecule is Cc1nc(NC(=O)c2cc(C=O)c[nH]2)sc1C. The van der Waals surface area contributed by atoms with Gasteiger partial charge in [-0.05, 0) is 19.9 Å². The number of aromatic amines is 1. The predicted octanol–water partition coefficient (Wildman–Crippen LogP) is 2.15. The molecule has 88 valence electrons. The van der Waals surface area contributed by atoms with Gasteiger partial charge in [0.15, 0.2) is 11.4 Å². The monoisotopic (exact) mass is 249 g/mol. The van der Waals surface area contributed by atoms with Gasteiger partial charge in [0, 0.05) is 16.6 Å². The van der Waals surface area contributed by atoms with Gasteiger partial charge in [-0.1, -0.05) is 0 Å². The Morgan fingerprint density at radius 3 is 2.82 bits per heavy atom. The molecule has 1 amide bonds. The van der Waals surface area contributed by atoms with E-state index in [-0.39, 0.29) is 5.91 Å². The number of rotatable bonds is 3. The number of carbonyl (C=O) groups is 2. The van der Waals surface area contributed by atoms with Gasteiger partial charge in [-0.15, -0.1) is 11.3 Å². The van der Waals surface area contributed by atoms with Crippen molar-refractivity contribution in [3.63, 3.8) is 0 Å². The van der Waals surface area contributed by atoms with Crippen LogP contribution in [-0.4, -0.2) is 22.2 Å². The normalized spacial score (nSPS) is 10.2. The number of nitrogens with one attached hydrogen (secondary N) is 2.